The van der Waals surface area contributed by atoms with Gasteiger partial charge in [0.05, 0.1) is 34.8 Å². The van der Waals surface area contributed by atoms with Gasteiger partial charge >= 0.3 is 0 Å². The molecule has 0 fully saturated rings. The highest BCUT2D eigenvalue weighted by atomic mass is 16.1. The van der Waals surface area contributed by atoms with Crippen LogP contribution in [0.4, 0.5) is 5.82 Å². The number of benzene rings is 3. The molecule has 42 heavy (non-hydrogen) atoms. The van der Waals surface area contributed by atoms with Gasteiger partial charge in [0.2, 0.25) is 0 Å². The summed E-state index contributed by atoms with van der Waals surface area (Å²) in [5, 5.41) is 7.13. The number of fused-ring (bicyclic) bond motifs is 3. The van der Waals surface area contributed by atoms with Crippen LogP contribution in [0.3, 0.4) is 0 Å². The van der Waals surface area contributed by atoms with Crippen LogP contribution in [-0.2, 0) is 17.8 Å². The van der Waals surface area contributed by atoms with Crippen LogP contribution in [0, 0.1) is 6.92 Å². The average Bonchev–Trinajstić information content (AvgIpc) is 3.54. The van der Waals surface area contributed by atoms with Crippen molar-refractivity contribution in [2.24, 2.45) is 0 Å². The Morgan fingerprint density at radius 2 is 1.81 bits per heavy atom. The fraction of sp³-hybridized carbons (Fsp3) is 0.125. The third-order valence-corrected chi connectivity index (χ3v) is 7.44. The van der Waals surface area contributed by atoms with E-state index in [0.717, 1.165) is 38.9 Å². The van der Waals surface area contributed by atoms with Crippen molar-refractivity contribution in [2.45, 2.75) is 26.8 Å². The molecule has 7 aromatic rings. The molecule has 10 nitrogen and oxygen atoms in total. The number of H-pyrrole nitrogens is 1. The van der Waals surface area contributed by atoms with Crippen molar-refractivity contribution >= 4 is 44.4 Å². The lowest BCUT2D eigenvalue weighted by atomic mass is 10.1. The molecule has 0 bridgehead atoms. The molecule has 0 aliphatic heterocycles. The van der Waals surface area contributed by atoms with E-state index in [9.17, 15) is 9.59 Å². The molecule has 0 aliphatic carbocycles. The van der Waals surface area contributed by atoms with Crippen molar-refractivity contribution in [3.8, 4) is 16.9 Å². The number of imidazole rings is 1. The number of Topliss-reactive ketones (excluding diaryl/α,β-unsaturated/α-hetero) is 1. The van der Waals surface area contributed by atoms with E-state index in [2.05, 4.69) is 19.9 Å². The van der Waals surface area contributed by atoms with Crippen LogP contribution < -0.4 is 11.3 Å². The van der Waals surface area contributed by atoms with Gasteiger partial charge in [-0.15, -0.1) is 0 Å². The molecule has 0 radical (unpaired) electrons. The van der Waals surface area contributed by atoms with Crippen molar-refractivity contribution < 1.29 is 4.79 Å². The summed E-state index contributed by atoms with van der Waals surface area (Å²) >= 11 is 0. The van der Waals surface area contributed by atoms with Crippen LogP contribution >= 0.6 is 0 Å². The monoisotopic (exact) mass is 554 g/mol. The molecule has 0 saturated heterocycles. The molecule has 4 heterocycles. The summed E-state index contributed by atoms with van der Waals surface area (Å²) in [4.78, 5) is 42.1. The fourth-order valence-electron chi connectivity index (χ4n) is 5.59. The molecule has 3 aromatic carbocycles. The van der Waals surface area contributed by atoms with E-state index in [4.69, 9.17) is 10.8 Å². The van der Waals surface area contributed by atoms with Crippen molar-refractivity contribution in [3.63, 3.8) is 0 Å². The lowest BCUT2D eigenvalue weighted by Crippen LogP contribution is -2.24. The Morgan fingerprint density at radius 3 is 2.62 bits per heavy atom. The quantitative estimate of drug-likeness (QED) is 0.303. The van der Waals surface area contributed by atoms with E-state index >= 15 is 0 Å². The van der Waals surface area contributed by atoms with Gasteiger partial charge in [0, 0.05) is 16.9 Å². The summed E-state index contributed by atoms with van der Waals surface area (Å²) in [6, 6.07) is 23.2. The summed E-state index contributed by atoms with van der Waals surface area (Å²) in [6.45, 7) is 3.75. The molecular weight excluding hydrogens is 528 g/mol. The Kier molecular flexibility index (Phi) is 5.89. The van der Waals surface area contributed by atoms with E-state index in [1.165, 1.54) is 13.3 Å². The number of nitrogens with one attached hydrogen (secondary N) is 1. The lowest BCUT2D eigenvalue weighted by Gasteiger charge is -2.16. The topological polar surface area (TPSA) is 137 Å². The first kappa shape index (κ1) is 25.3. The first-order valence-electron chi connectivity index (χ1n) is 13.5. The van der Waals surface area contributed by atoms with Crippen molar-refractivity contribution in [1.29, 1.82) is 0 Å². The highest BCUT2D eigenvalue weighted by Gasteiger charge is 2.20. The second kappa shape index (κ2) is 9.77. The Bertz CT molecular complexity index is 2230. The van der Waals surface area contributed by atoms with Crippen molar-refractivity contribution in [3.05, 3.63) is 107 Å². The molecule has 0 spiro atoms. The largest absolute Gasteiger partial charge is 0.383 e. The zero-order chi connectivity index (χ0) is 29.0. The number of carbonyl (C=O) groups excluding carboxylic acids is 1. The molecule has 4 aromatic heterocycles. The third-order valence-electron chi connectivity index (χ3n) is 7.44. The fourth-order valence-corrected chi connectivity index (χ4v) is 5.59. The number of nitrogen functional groups attached to an aromatic ring is 1. The summed E-state index contributed by atoms with van der Waals surface area (Å²) in [6.07, 6.45) is 1.65. The second-order valence-electron chi connectivity index (χ2n) is 10.4. The van der Waals surface area contributed by atoms with E-state index in [0.29, 0.717) is 33.8 Å². The van der Waals surface area contributed by atoms with E-state index in [1.807, 2.05) is 79.7 Å². The van der Waals surface area contributed by atoms with Gasteiger partial charge in [-0.1, -0.05) is 42.5 Å². The molecule has 0 atom stereocenters. The molecular formula is C32H26N8O2. The minimum atomic E-state index is -0.0938. The maximum absolute atomic E-state index is 14.0. The number of aryl methyl sites for hydroxylation is 1. The predicted octanol–water partition coefficient (Wildman–Crippen LogP) is 4.74. The van der Waals surface area contributed by atoms with Gasteiger partial charge in [-0.2, -0.15) is 5.10 Å². The van der Waals surface area contributed by atoms with Gasteiger partial charge in [0.15, 0.2) is 5.65 Å². The number of rotatable bonds is 6. The predicted molar refractivity (Wildman–Crippen MR) is 163 cm³/mol. The highest BCUT2D eigenvalue weighted by Crippen LogP contribution is 2.32. The van der Waals surface area contributed by atoms with Gasteiger partial charge < -0.3 is 10.7 Å². The number of anilines is 1. The third kappa shape index (κ3) is 4.21. The number of ketones is 1. The number of aromatic amines is 1. The SMILES string of the molecule is CC(=O)Cc1nc2ccc(-c3nn(Cc4cc5cccc(C)c5c(=O)n4-c4ccccc4)c4ncnc(N)c34)cc2[nH]1. The Morgan fingerprint density at radius 1 is 0.976 bits per heavy atom. The number of aromatic nitrogens is 7. The molecule has 0 aliphatic rings. The van der Waals surface area contributed by atoms with Crippen molar-refractivity contribution in [1.82, 2.24) is 34.3 Å². The number of nitrogens with zero attached hydrogens (tertiary/aromatic N) is 6. The van der Waals surface area contributed by atoms with Gasteiger partial charge in [-0.05, 0) is 55.1 Å². The van der Waals surface area contributed by atoms with Crippen LogP contribution in [0.5, 0.6) is 0 Å². The molecule has 10 heteroatoms. The lowest BCUT2D eigenvalue weighted by molar-refractivity contribution is -0.116. The number of nitrogens with two attached hydrogens (primary N) is 1. The number of hydrogen-bond donors (Lipinski definition) is 2. The summed E-state index contributed by atoms with van der Waals surface area (Å²) < 4.78 is 3.50. The Hall–Kier alpha value is -5.64. The van der Waals surface area contributed by atoms with Crippen LogP contribution in [-0.4, -0.2) is 40.1 Å². The van der Waals surface area contributed by atoms with Crippen LogP contribution in [0.25, 0.3) is 49.8 Å². The number of carbonyl (C=O) groups is 1. The van der Waals surface area contributed by atoms with Crippen LogP contribution in [0.2, 0.25) is 0 Å². The van der Waals surface area contributed by atoms with Gasteiger partial charge in [-0.25, -0.2) is 19.6 Å². The Balaban J connectivity index is 1.41. The molecule has 206 valence electrons. The first-order valence-corrected chi connectivity index (χ1v) is 13.5. The van der Waals surface area contributed by atoms with Crippen molar-refractivity contribution in [2.75, 3.05) is 5.73 Å². The molecule has 0 amide bonds. The normalized spacial score (nSPS) is 11.6. The standard InChI is InChI=1S/C32H26N8O2/c1-18-7-6-8-20-14-23(40(32(42)27(18)20)22-9-4-3-5-10-22)16-39-31-28(30(33)34-17-35-31)29(38-39)21-11-12-24-25(15-21)37-26(36-24)13-19(2)41/h3-12,14-15,17H,13,16H2,1-2H3,(H,36,37)(H2,33,34,35). The van der Waals surface area contributed by atoms with Gasteiger partial charge in [-0.3, -0.25) is 14.2 Å². The maximum atomic E-state index is 14.0. The minimum Gasteiger partial charge on any atom is -0.383 e. The number of pyridine rings is 1. The van der Waals surface area contributed by atoms with Gasteiger partial charge in [0.1, 0.15) is 29.4 Å². The number of hydrogen-bond acceptors (Lipinski definition) is 7. The minimum absolute atomic E-state index is 0.0294. The summed E-state index contributed by atoms with van der Waals surface area (Å²) in [5.74, 6) is 0.942. The first-order chi connectivity index (χ1) is 20.4. The smallest absolute Gasteiger partial charge is 0.263 e. The highest BCUT2D eigenvalue weighted by molar-refractivity contribution is 5.99. The second-order valence-corrected chi connectivity index (χ2v) is 10.4. The van der Waals surface area contributed by atoms with Crippen LogP contribution in [0.1, 0.15) is 24.0 Å². The number of para-hydroxylation sites is 1. The van der Waals surface area contributed by atoms with E-state index in [1.54, 1.807) is 9.25 Å². The molecule has 0 saturated carbocycles. The molecule has 0 unspecified atom stereocenters. The van der Waals surface area contributed by atoms with Gasteiger partial charge in [0.25, 0.3) is 5.56 Å². The van der Waals surface area contributed by atoms with E-state index in [-0.39, 0.29) is 24.3 Å². The van der Waals surface area contributed by atoms with E-state index < -0.39 is 0 Å². The zero-order valence-corrected chi connectivity index (χ0v) is 23.0. The summed E-state index contributed by atoms with van der Waals surface area (Å²) in [7, 11) is 0. The maximum Gasteiger partial charge on any atom is 0.263 e. The van der Waals surface area contributed by atoms with Crippen LogP contribution in [0.15, 0.2) is 83.9 Å². The molecule has 3 N–H and O–H groups in total. The molecule has 7 rings (SSSR count). The summed E-state index contributed by atoms with van der Waals surface area (Å²) in [5.41, 5.74) is 12.2. The average molecular weight is 555 g/mol. The zero-order valence-electron chi connectivity index (χ0n) is 23.0. The Labute approximate surface area is 239 Å².